The second-order valence-electron chi connectivity index (χ2n) is 6.13. The monoisotopic (exact) mass is 295 g/mol. The lowest BCUT2D eigenvalue weighted by Gasteiger charge is -2.27. The second-order valence-corrected chi connectivity index (χ2v) is 6.56. The van der Waals surface area contributed by atoms with Crippen molar-refractivity contribution in [1.82, 2.24) is 4.90 Å². The van der Waals surface area contributed by atoms with Crippen LogP contribution in [0.2, 0.25) is 5.02 Å². The van der Waals surface area contributed by atoms with Crippen molar-refractivity contribution in [1.29, 1.82) is 0 Å². The maximum absolute atomic E-state index is 10.2. The molecule has 0 bridgehead atoms. The zero-order valence-corrected chi connectivity index (χ0v) is 13.1. The summed E-state index contributed by atoms with van der Waals surface area (Å²) in [5.41, 5.74) is 0.920. The molecule has 0 radical (unpaired) electrons. The number of nitrogens with zero attached hydrogens (tertiary/aromatic N) is 1. The molecule has 1 fully saturated rings. The molecule has 3 heteroatoms. The zero-order chi connectivity index (χ0) is 14.4. The third-order valence-corrected chi connectivity index (χ3v) is 4.55. The number of benzene rings is 1. The maximum Gasteiger partial charge on any atom is 0.0802 e. The van der Waals surface area contributed by atoms with Crippen molar-refractivity contribution in [3.8, 4) is 0 Å². The lowest BCUT2D eigenvalue weighted by molar-refractivity contribution is 0.140. The van der Waals surface area contributed by atoms with Gasteiger partial charge in [0.15, 0.2) is 0 Å². The van der Waals surface area contributed by atoms with Gasteiger partial charge in [-0.3, -0.25) is 0 Å². The molecule has 2 rings (SSSR count). The van der Waals surface area contributed by atoms with Gasteiger partial charge in [-0.1, -0.05) is 43.0 Å². The highest BCUT2D eigenvalue weighted by atomic mass is 35.5. The molecule has 1 saturated carbocycles. The summed E-state index contributed by atoms with van der Waals surface area (Å²) in [6.45, 7) is 2.10. The smallest absolute Gasteiger partial charge is 0.0802 e. The van der Waals surface area contributed by atoms with Crippen LogP contribution in [0.5, 0.6) is 0 Å². The van der Waals surface area contributed by atoms with Crippen molar-refractivity contribution in [3.63, 3.8) is 0 Å². The van der Waals surface area contributed by atoms with E-state index in [1.165, 1.54) is 38.6 Å². The Kier molecular flexibility index (Phi) is 6.34. The molecule has 0 spiro atoms. The van der Waals surface area contributed by atoms with Crippen LogP contribution in [-0.2, 0) is 0 Å². The largest absolute Gasteiger partial charge is 0.388 e. The van der Waals surface area contributed by atoms with Gasteiger partial charge < -0.3 is 10.0 Å². The normalized spacial score (nSPS) is 18.4. The molecule has 1 aliphatic rings. The predicted octanol–water partition coefficient (Wildman–Crippen LogP) is 4.28. The Morgan fingerprint density at radius 2 is 2.05 bits per heavy atom. The van der Waals surface area contributed by atoms with Gasteiger partial charge in [0, 0.05) is 18.1 Å². The average Bonchev–Trinajstić information content (AvgIpc) is 2.46. The third kappa shape index (κ3) is 5.08. The molecule has 1 aliphatic carbocycles. The van der Waals surface area contributed by atoms with E-state index in [0.717, 1.165) is 24.4 Å². The lowest BCUT2D eigenvalue weighted by atomic mass is 9.89. The molecule has 0 saturated heterocycles. The molecule has 1 unspecified atom stereocenters. The highest BCUT2D eigenvalue weighted by molar-refractivity contribution is 6.30. The van der Waals surface area contributed by atoms with Gasteiger partial charge in [0.05, 0.1) is 6.10 Å². The average molecular weight is 296 g/mol. The van der Waals surface area contributed by atoms with Crippen molar-refractivity contribution in [2.75, 3.05) is 20.1 Å². The number of aliphatic hydroxyl groups is 1. The van der Waals surface area contributed by atoms with Crippen LogP contribution >= 0.6 is 11.6 Å². The molecule has 1 aromatic carbocycles. The van der Waals surface area contributed by atoms with E-state index in [9.17, 15) is 5.11 Å². The van der Waals surface area contributed by atoms with Crippen molar-refractivity contribution < 1.29 is 5.11 Å². The Balaban J connectivity index is 1.73. The van der Waals surface area contributed by atoms with Gasteiger partial charge in [-0.15, -0.1) is 0 Å². The molecule has 0 heterocycles. The van der Waals surface area contributed by atoms with Gasteiger partial charge in [0.1, 0.15) is 0 Å². The van der Waals surface area contributed by atoms with Gasteiger partial charge >= 0.3 is 0 Å². The summed E-state index contributed by atoms with van der Waals surface area (Å²) in [7, 11) is 2.17. The zero-order valence-electron chi connectivity index (χ0n) is 12.4. The standard InChI is InChI=1S/C17H26ClNO/c1-19(13-14-6-3-2-4-7-14)11-10-17(20)15-8-5-9-16(18)12-15/h5,8-9,12,14,17,20H,2-4,6-7,10-11,13H2,1H3. The molecule has 112 valence electrons. The molecule has 1 atom stereocenters. The Labute approximate surface area is 127 Å². The van der Waals surface area contributed by atoms with Crippen molar-refractivity contribution in [2.24, 2.45) is 5.92 Å². The molecule has 1 aromatic rings. The molecular weight excluding hydrogens is 270 g/mol. The Morgan fingerprint density at radius 3 is 2.75 bits per heavy atom. The van der Waals surface area contributed by atoms with E-state index in [0.29, 0.717) is 5.02 Å². The summed E-state index contributed by atoms with van der Waals surface area (Å²) < 4.78 is 0. The van der Waals surface area contributed by atoms with Crippen LogP contribution < -0.4 is 0 Å². The first-order valence-corrected chi connectivity index (χ1v) is 8.15. The summed E-state index contributed by atoms with van der Waals surface area (Å²) in [4.78, 5) is 2.36. The van der Waals surface area contributed by atoms with E-state index in [4.69, 9.17) is 11.6 Å². The topological polar surface area (TPSA) is 23.5 Å². The second kappa shape index (κ2) is 8.02. The number of hydrogen-bond acceptors (Lipinski definition) is 2. The first-order valence-electron chi connectivity index (χ1n) is 7.77. The SMILES string of the molecule is CN(CCC(O)c1cccc(Cl)c1)CC1CCCCC1. The fourth-order valence-corrected chi connectivity index (χ4v) is 3.32. The van der Waals surface area contributed by atoms with Gasteiger partial charge in [0.25, 0.3) is 0 Å². The summed E-state index contributed by atoms with van der Waals surface area (Å²) in [6, 6.07) is 7.53. The summed E-state index contributed by atoms with van der Waals surface area (Å²) in [6.07, 6.45) is 7.30. The summed E-state index contributed by atoms with van der Waals surface area (Å²) >= 11 is 5.96. The molecule has 1 N–H and O–H groups in total. The van der Waals surface area contributed by atoms with Gasteiger partial charge in [-0.05, 0) is 49.9 Å². The van der Waals surface area contributed by atoms with Crippen LogP contribution in [0.1, 0.15) is 50.2 Å². The van der Waals surface area contributed by atoms with Crippen LogP contribution in [0, 0.1) is 5.92 Å². The van der Waals surface area contributed by atoms with E-state index in [1.54, 1.807) is 0 Å². The van der Waals surface area contributed by atoms with Crippen LogP contribution in [-0.4, -0.2) is 30.1 Å². The fourth-order valence-electron chi connectivity index (χ4n) is 3.12. The third-order valence-electron chi connectivity index (χ3n) is 4.31. The number of halogens is 1. The number of rotatable bonds is 6. The highest BCUT2D eigenvalue weighted by Gasteiger charge is 2.16. The molecule has 2 nitrogen and oxygen atoms in total. The predicted molar refractivity (Wildman–Crippen MR) is 85.1 cm³/mol. The highest BCUT2D eigenvalue weighted by Crippen LogP contribution is 2.25. The summed E-state index contributed by atoms with van der Waals surface area (Å²) in [5.74, 6) is 0.858. The molecule has 0 amide bonds. The van der Waals surface area contributed by atoms with Crippen molar-refractivity contribution >= 4 is 11.6 Å². The van der Waals surface area contributed by atoms with Gasteiger partial charge in [0.2, 0.25) is 0 Å². The molecule has 0 aromatic heterocycles. The molecular formula is C17H26ClNO. The first-order chi connectivity index (χ1) is 9.65. The van der Waals surface area contributed by atoms with Crippen LogP contribution in [0.25, 0.3) is 0 Å². The van der Waals surface area contributed by atoms with E-state index >= 15 is 0 Å². The quantitative estimate of drug-likeness (QED) is 0.847. The van der Waals surface area contributed by atoms with Crippen LogP contribution in [0.3, 0.4) is 0 Å². The fraction of sp³-hybridized carbons (Fsp3) is 0.647. The van der Waals surface area contributed by atoms with Crippen LogP contribution in [0.4, 0.5) is 0 Å². The van der Waals surface area contributed by atoms with E-state index in [-0.39, 0.29) is 0 Å². The van der Waals surface area contributed by atoms with E-state index < -0.39 is 6.10 Å². The molecule has 0 aliphatic heterocycles. The number of aliphatic hydroxyl groups excluding tert-OH is 1. The van der Waals surface area contributed by atoms with Crippen molar-refractivity contribution in [2.45, 2.75) is 44.6 Å². The minimum atomic E-state index is -0.414. The number of hydrogen-bond donors (Lipinski definition) is 1. The van der Waals surface area contributed by atoms with Crippen LogP contribution in [0.15, 0.2) is 24.3 Å². The molecule has 20 heavy (non-hydrogen) atoms. The summed E-state index contributed by atoms with van der Waals surface area (Å²) in [5, 5.41) is 10.9. The Hall–Kier alpha value is -0.570. The minimum absolute atomic E-state index is 0.414. The van der Waals surface area contributed by atoms with E-state index in [1.807, 2.05) is 24.3 Å². The van der Waals surface area contributed by atoms with Gasteiger partial charge in [-0.2, -0.15) is 0 Å². The first kappa shape index (κ1) is 15.8. The lowest BCUT2D eigenvalue weighted by Crippen LogP contribution is -2.28. The maximum atomic E-state index is 10.2. The Bertz CT molecular complexity index is 404. The minimum Gasteiger partial charge on any atom is -0.388 e. The van der Waals surface area contributed by atoms with E-state index in [2.05, 4.69) is 11.9 Å². The van der Waals surface area contributed by atoms with Gasteiger partial charge in [-0.25, -0.2) is 0 Å². The van der Waals surface area contributed by atoms with Crippen molar-refractivity contribution in [3.05, 3.63) is 34.9 Å². The Morgan fingerprint density at radius 1 is 1.30 bits per heavy atom.